The third-order valence-electron chi connectivity index (χ3n) is 6.76. The predicted octanol–water partition coefficient (Wildman–Crippen LogP) is 4.13. The van der Waals surface area contributed by atoms with Gasteiger partial charge in [-0.3, -0.25) is 9.59 Å². The number of nitrogens with one attached hydrogen (secondary N) is 1. The Labute approximate surface area is 256 Å². The van der Waals surface area contributed by atoms with Gasteiger partial charge in [0.1, 0.15) is 11.2 Å². The van der Waals surface area contributed by atoms with E-state index >= 15 is 0 Å². The molecule has 1 amide bonds. The number of nitrogens with zero attached hydrogens (tertiary/aromatic N) is 5. The Morgan fingerprint density at radius 2 is 1.77 bits per heavy atom. The summed E-state index contributed by atoms with van der Waals surface area (Å²) in [4.78, 5) is 33.4. The van der Waals surface area contributed by atoms with Crippen molar-refractivity contribution in [1.29, 1.82) is 0 Å². The molecule has 1 aliphatic heterocycles. The first kappa shape index (κ1) is 28.9. The number of nitrogens with two attached hydrogens (primary N) is 1. The van der Waals surface area contributed by atoms with Crippen LogP contribution in [0.5, 0.6) is 0 Å². The molecule has 3 aromatic carbocycles. The highest BCUT2D eigenvalue weighted by atomic mass is 79.9. The van der Waals surface area contributed by atoms with Gasteiger partial charge in [-0.15, -0.1) is 0 Å². The number of sulfonamides is 1. The van der Waals surface area contributed by atoms with E-state index < -0.39 is 21.6 Å². The zero-order valence-electron chi connectivity index (χ0n) is 22.0. The van der Waals surface area contributed by atoms with E-state index in [9.17, 15) is 22.4 Å². The van der Waals surface area contributed by atoms with Gasteiger partial charge in [-0.1, -0.05) is 52.0 Å². The van der Waals surface area contributed by atoms with Crippen molar-refractivity contribution in [2.24, 2.45) is 10.2 Å². The topological polar surface area (TPSA) is 156 Å². The first-order valence-corrected chi connectivity index (χ1v) is 16.0. The fraction of sp³-hybridized carbons (Fsp3) is 0.107. The molecule has 1 atom stereocenters. The van der Waals surface area contributed by atoms with Crippen molar-refractivity contribution in [3.8, 4) is 5.69 Å². The van der Waals surface area contributed by atoms with Crippen LogP contribution in [0.3, 0.4) is 0 Å². The molecule has 3 N–H and O–H groups in total. The van der Waals surface area contributed by atoms with Crippen molar-refractivity contribution in [2.45, 2.75) is 22.5 Å². The van der Waals surface area contributed by atoms with E-state index in [1.165, 1.54) is 52.3 Å². The Morgan fingerprint density at radius 1 is 1.07 bits per heavy atom. The second kappa shape index (κ2) is 11.5. The van der Waals surface area contributed by atoms with Crippen molar-refractivity contribution < 1.29 is 17.6 Å². The summed E-state index contributed by atoms with van der Waals surface area (Å²) >= 11 is 4.45. The van der Waals surface area contributed by atoms with Crippen LogP contribution in [0.2, 0.25) is 0 Å². The lowest BCUT2D eigenvalue weighted by molar-refractivity contribution is -0.130. The summed E-state index contributed by atoms with van der Waals surface area (Å²) in [5.41, 5.74) is 2.55. The van der Waals surface area contributed by atoms with Crippen molar-refractivity contribution in [1.82, 2.24) is 24.8 Å². The molecule has 0 spiro atoms. The first-order valence-electron chi connectivity index (χ1n) is 12.7. The zero-order chi connectivity index (χ0) is 30.3. The number of rotatable bonds is 7. The van der Waals surface area contributed by atoms with Gasteiger partial charge in [0, 0.05) is 10.9 Å². The summed E-state index contributed by atoms with van der Waals surface area (Å²) in [6.07, 6.45) is 1.79. The normalized spacial score (nSPS) is 15.2. The molecule has 3 heterocycles. The Morgan fingerprint density at radius 3 is 2.44 bits per heavy atom. The maximum Gasteiger partial charge on any atom is 0.262 e. The van der Waals surface area contributed by atoms with Crippen molar-refractivity contribution in [3.63, 3.8) is 0 Å². The van der Waals surface area contributed by atoms with Crippen LogP contribution in [0, 0.1) is 5.82 Å². The number of primary sulfonamides is 1. The number of carbonyl (C=O) groups excluding carboxylic acids is 1. The van der Waals surface area contributed by atoms with E-state index in [1.54, 1.807) is 12.1 Å². The zero-order valence-corrected chi connectivity index (χ0v) is 25.2. The number of thioether (sulfide) groups is 1. The molecular formula is C28H21BrFN7O4S2. The lowest BCUT2D eigenvalue weighted by Gasteiger charge is -2.22. The van der Waals surface area contributed by atoms with Crippen LogP contribution in [-0.4, -0.2) is 50.5 Å². The quantitative estimate of drug-likeness (QED) is 0.193. The summed E-state index contributed by atoms with van der Waals surface area (Å²) in [5.74, 6) is -0.809. The molecule has 6 rings (SSSR count). The molecule has 0 saturated carbocycles. The van der Waals surface area contributed by atoms with Crippen molar-refractivity contribution in [3.05, 3.63) is 111 Å². The van der Waals surface area contributed by atoms with Gasteiger partial charge < -0.3 is 4.98 Å². The van der Waals surface area contributed by atoms with E-state index in [0.29, 0.717) is 17.8 Å². The molecule has 0 radical (unpaired) electrons. The van der Waals surface area contributed by atoms with Crippen LogP contribution < -0.4 is 10.7 Å². The Kier molecular flexibility index (Phi) is 7.72. The van der Waals surface area contributed by atoms with Gasteiger partial charge >= 0.3 is 0 Å². The number of hydrogen-bond acceptors (Lipinski definition) is 8. The van der Waals surface area contributed by atoms with Crippen LogP contribution >= 0.6 is 27.7 Å². The fourth-order valence-corrected chi connectivity index (χ4v) is 6.12. The summed E-state index contributed by atoms with van der Waals surface area (Å²) in [6.45, 7) is 0. The third-order valence-corrected chi connectivity index (χ3v) is 9.07. The van der Waals surface area contributed by atoms with Crippen LogP contribution in [-0.2, 0) is 14.8 Å². The van der Waals surface area contributed by atoms with Gasteiger partial charge in [-0.05, 0) is 59.7 Å². The Hall–Kier alpha value is -4.18. The SMILES string of the molecule is NS(=O)(=O)c1ccc(-n2ncc3c(=O)[nH]c(SCC(=O)N4N=C(c5ccc(Br)cc5)CC4c4ccc(F)cc4)nc32)cc1. The van der Waals surface area contributed by atoms with Crippen molar-refractivity contribution in [2.75, 3.05) is 5.75 Å². The average Bonchev–Trinajstić information content (AvgIpc) is 3.62. The lowest BCUT2D eigenvalue weighted by Crippen LogP contribution is -2.28. The molecule has 2 aromatic heterocycles. The molecule has 0 fully saturated rings. The molecule has 5 aromatic rings. The van der Waals surface area contributed by atoms with Gasteiger partial charge in [0.15, 0.2) is 10.8 Å². The number of aromatic amines is 1. The van der Waals surface area contributed by atoms with Crippen LogP contribution in [0.25, 0.3) is 16.7 Å². The molecule has 0 aliphatic carbocycles. The smallest absolute Gasteiger partial charge is 0.262 e. The van der Waals surface area contributed by atoms with Crippen molar-refractivity contribution >= 4 is 60.4 Å². The highest BCUT2D eigenvalue weighted by Gasteiger charge is 2.33. The van der Waals surface area contributed by atoms with Gasteiger partial charge in [0.25, 0.3) is 11.5 Å². The largest absolute Gasteiger partial charge is 0.301 e. The highest BCUT2D eigenvalue weighted by Crippen LogP contribution is 2.34. The maximum atomic E-state index is 13.7. The number of halogens is 2. The molecule has 1 aliphatic rings. The number of benzene rings is 3. The van der Waals surface area contributed by atoms with Crippen LogP contribution in [0.4, 0.5) is 4.39 Å². The number of aromatic nitrogens is 4. The summed E-state index contributed by atoms with van der Waals surface area (Å²) < 4.78 is 39.2. The monoisotopic (exact) mass is 681 g/mol. The molecule has 0 bridgehead atoms. The molecule has 43 heavy (non-hydrogen) atoms. The highest BCUT2D eigenvalue weighted by molar-refractivity contribution is 9.10. The summed E-state index contributed by atoms with van der Waals surface area (Å²) in [7, 11) is -3.88. The fourth-order valence-electron chi connectivity index (χ4n) is 4.63. The average molecular weight is 683 g/mol. The number of hydrazone groups is 1. The lowest BCUT2D eigenvalue weighted by atomic mass is 9.98. The number of fused-ring (bicyclic) bond motifs is 1. The summed E-state index contributed by atoms with van der Waals surface area (Å²) in [6, 6.07) is 18.8. The molecule has 15 heteroatoms. The third kappa shape index (κ3) is 6.01. The van der Waals surface area contributed by atoms with Gasteiger partial charge in [-0.25, -0.2) is 32.6 Å². The minimum atomic E-state index is -3.88. The van der Waals surface area contributed by atoms with E-state index in [-0.39, 0.29) is 38.6 Å². The molecule has 0 saturated heterocycles. The Bertz CT molecular complexity index is 2050. The van der Waals surface area contributed by atoms with Crippen LogP contribution in [0.15, 0.2) is 103 Å². The van der Waals surface area contributed by atoms with E-state index in [0.717, 1.165) is 27.4 Å². The van der Waals surface area contributed by atoms with E-state index in [4.69, 9.17) is 5.14 Å². The Balaban J connectivity index is 1.27. The number of hydrogen-bond donors (Lipinski definition) is 2. The first-order chi connectivity index (χ1) is 20.6. The molecular weight excluding hydrogens is 661 g/mol. The molecule has 11 nitrogen and oxygen atoms in total. The van der Waals surface area contributed by atoms with Crippen LogP contribution in [0.1, 0.15) is 23.6 Å². The molecule has 1 unspecified atom stereocenters. The second-order valence-corrected chi connectivity index (χ2v) is 13.0. The van der Waals surface area contributed by atoms with Gasteiger partial charge in [-0.2, -0.15) is 10.2 Å². The minimum Gasteiger partial charge on any atom is -0.301 e. The summed E-state index contributed by atoms with van der Waals surface area (Å²) in [5, 5.41) is 15.8. The van der Waals surface area contributed by atoms with Gasteiger partial charge in [0.2, 0.25) is 10.0 Å². The predicted molar refractivity (Wildman–Crippen MR) is 163 cm³/mol. The number of carbonyl (C=O) groups is 1. The van der Waals surface area contributed by atoms with E-state index in [2.05, 4.69) is 36.1 Å². The second-order valence-electron chi connectivity index (χ2n) is 9.56. The number of H-pyrrole nitrogens is 1. The molecule has 218 valence electrons. The minimum absolute atomic E-state index is 0.0694. The van der Waals surface area contributed by atoms with Gasteiger partial charge in [0.05, 0.1) is 34.3 Å². The standard InChI is InChI=1S/C28H21BrFN7O4S2/c29-18-5-1-16(2-6-18)23-13-24(17-3-7-19(30)8-4-17)37(35-23)25(38)15-42-28-33-26-22(27(39)34-28)14-32-36(26)20-9-11-21(12-10-20)43(31,40)41/h1-12,14,24H,13,15H2,(H2,31,40,41)(H,33,34,39). The van der Waals surface area contributed by atoms with E-state index in [1.807, 2.05) is 24.3 Å². The maximum absolute atomic E-state index is 13.7. The number of amides is 1.